The number of carboxylic acids is 1. The number of carboxylic acid groups (broad SMARTS) is 1. The SMILES string of the molecule is COC1CCC(NC(=O)Nc2cncc(C(=O)O)c2)C1. The summed E-state index contributed by atoms with van der Waals surface area (Å²) in [7, 11) is 1.66. The molecule has 1 fully saturated rings. The van der Waals surface area contributed by atoms with Crippen LogP contribution in [-0.2, 0) is 4.74 Å². The largest absolute Gasteiger partial charge is 0.478 e. The molecule has 1 aliphatic carbocycles. The lowest BCUT2D eigenvalue weighted by Gasteiger charge is -2.13. The van der Waals surface area contributed by atoms with Crippen molar-refractivity contribution in [3.8, 4) is 0 Å². The second kappa shape index (κ2) is 6.33. The Kier molecular flexibility index (Phi) is 4.52. The van der Waals surface area contributed by atoms with Gasteiger partial charge in [0.15, 0.2) is 0 Å². The molecule has 2 atom stereocenters. The maximum Gasteiger partial charge on any atom is 0.337 e. The average molecular weight is 279 g/mol. The lowest BCUT2D eigenvalue weighted by Crippen LogP contribution is -2.36. The number of hydrogen-bond donors (Lipinski definition) is 3. The van der Waals surface area contributed by atoms with Crippen LogP contribution in [0, 0.1) is 0 Å². The molecule has 1 saturated carbocycles. The van der Waals surface area contributed by atoms with Crippen LogP contribution in [0.3, 0.4) is 0 Å². The molecule has 0 radical (unpaired) electrons. The predicted molar refractivity (Wildman–Crippen MR) is 71.8 cm³/mol. The van der Waals surface area contributed by atoms with Crippen molar-refractivity contribution in [1.82, 2.24) is 10.3 Å². The van der Waals surface area contributed by atoms with Crippen molar-refractivity contribution in [3.63, 3.8) is 0 Å². The van der Waals surface area contributed by atoms with Crippen molar-refractivity contribution in [2.75, 3.05) is 12.4 Å². The second-order valence-electron chi connectivity index (χ2n) is 4.73. The highest BCUT2D eigenvalue weighted by molar-refractivity contribution is 5.92. The minimum atomic E-state index is -1.08. The molecule has 20 heavy (non-hydrogen) atoms. The van der Waals surface area contributed by atoms with Crippen molar-refractivity contribution in [2.24, 2.45) is 0 Å². The van der Waals surface area contributed by atoms with Crippen LogP contribution in [0.25, 0.3) is 0 Å². The minimum absolute atomic E-state index is 0.0307. The number of nitrogens with zero attached hydrogens (tertiary/aromatic N) is 1. The normalized spacial score (nSPS) is 21.4. The summed E-state index contributed by atoms with van der Waals surface area (Å²) in [6.07, 6.45) is 5.41. The van der Waals surface area contributed by atoms with Gasteiger partial charge in [0.2, 0.25) is 0 Å². The fourth-order valence-corrected chi connectivity index (χ4v) is 2.26. The first kappa shape index (κ1) is 14.3. The van der Waals surface area contributed by atoms with Gasteiger partial charge >= 0.3 is 12.0 Å². The van der Waals surface area contributed by atoms with Crippen LogP contribution in [-0.4, -0.2) is 41.3 Å². The van der Waals surface area contributed by atoms with Gasteiger partial charge in [0.25, 0.3) is 0 Å². The van der Waals surface area contributed by atoms with Crippen molar-refractivity contribution in [2.45, 2.75) is 31.4 Å². The van der Waals surface area contributed by atoms with Crippen LogP contribution in [0.2, 0.25) is 0 Å². The van der Waals surface area contributed by atoms with Gasteiger partial charge in [-0.1, -0.05) is 0 Å². The summed E-state index contributed by atoms with van der Waals surface area (Å²) in [5, 5.41) is 14.3. The Morgan fingerprint density at radius 1 is 1.40 bits per heavy atom. The number of rotatable bonds is 4. The quantitative estimate of drug-likeness (QED) is 0.774. The van der Waals surface area contributed by atoms with E-state index in [9.17, 15) is 9.59 Å². The van der Waals surface area contributed by atoms with E-state index in [-0.39, 0.29) is 23.7 Å². The number of aromatic carboxylic acids is 1. The van der Waals surface area contributed by atoms with E-state index in [0.717, 1.165) is 19.3 Å². The Hall–Kier alpha value is -2.15. The van der Waals surface area contributed by atoms with E-state index in [1.54, 1.807) is 7.11 Å². The first-order chi connectivity index (χ1) is 9.58. The van der Waals surface area contributed by atoms with Gasteiger partial charge in [0.05, 0.1) is 23.6 Å². The number of carbonyl (C=O) groups excluding carboxylic acids is 1. The standard InChI is InChI=1S/C13H17N3O4/c1-20-11-3-2-9(5-11)15-13(19)16-10-4-8(12(17)18)6-14-7-10/h4,6-7,9,11H,2-3,5H2,1H3,(H,17,18)(H2,15,16,19). The Labute approximate surface area is 116 Å². The lowest BCUT2D eigenvalue weighted by atomic mass is 10.2. The van der Waals surface area contributed by atoms with Gasteiger partial charge < -0.3 is 20.5 Å². The summed E-state index contributed by atoms with van der Waals surface area (Å²) in [6.45, 7) is 0. The van der Waals surface area contributed by atoms with Crippen LogP contribution < -0.4 is 10.6 Å². The molecule has 0 aromatic carbocycles. The summed E-state index contributed by atoms with van der Waals surface area (Å²) >= 11 is 0. The highest BCUT2D eigenvalue weighted by atomic mass is 16.5. The molecule has 7 nitrogen and oxygen atoms in total. The monoisotopic (exact) mass is 279 g/mol. The Morgan fingerprint density at radius 2 is 2.20 bits per heavy atom. The molecule has 1 aliphatic rings. The molecule has 0 bridgehead atoms. The maximum absolute atomic E-state index is 11.8. The molecule has 108 valence electrons. The van der Waals surface area contributed by atoms with Gasteiger partial charge in [-0.05, 0) is 25.3 Å². The van der Waals surface area contributed by atoms with Gasteiger partial charge in [-0.25, -0.2) is 9.59 Å². The highest BCUT2D eigenvalue weighted by Gasteiger charge is 2.25. The zero-order chi connectivity index (χ0) is 14.5. The number of nitrogens with one attached hydrogen (secondary N) is 2. The van der Waals surface area contributed by atoms with E-state index in [0.29, 0.717) is 5.69 Å². The van der Waals surface area contributed by atoms with E-state index >= 15 is 0 Å². The Balaban J connectivity index is 1.88. The van der Waals surface area contributed by atoms with E-state index < -0.39 is 5.97 Å². The van der Waals surface area contributed by atoms with Crippen molar-refractivity contribution < 1.29 is 19.4 Å². The van der Waals surface area contributed by atoms with E-state index in [1.165, 1.54) is 18.5 Å². The third-order valence-electron chi connectivity index (χ3n) is 3.30. The van der Waals surface area contributed by atoms with Gasteiger partial charge in [0, 0.05) is 19.3 Å². The smallest absolute Gasteiger partial charge is 0.337 e. The van der Waals surface area contributed by atoms with Gasteiger partial charge in [-0.3, -0.25) is 4.98 Å². The number of pyridine rings is 1. The van der Waals surface area contributed by atoms with Gasteiger partial charge in [-0.15, -0.1) is 0 Å². The number of ether oxygens (including phenoxy) is 1. The van der Waals surface area contributed by atoms with Crippen LogP contribution in [0.5, 0.6) is 0 Å². The third-order valence-corrected chi connectivity index (χ3v) is 3.30. The molecule has 1 aromatic heterocycles. The molecular formula is C13H17N3O4. The summed E-state index contributed by atoms with van der Waals surface area (Å²) < 4.78 is 5.24. The molecule has 1 heterocycles. The predicted octanol–water partition coefficient (Wildman–Crippen LogP) is 1.47. The topological polar surface area (TPSA) is 101 Å². The summed E-state index contributed by atoms with van der Waals surface area (Å²) in [4.78, 5) is 26.4. The molecule has 3 N–H and O–H groups in total. The molecule has 2 rings (SSSR count). The second-order valence-corrected chi connectivity index (χ2v) is 4.73. The minimum Gasteiger partial charge on any atom is -0.478 e. The number of aromatic nitrogens is 1. The number of amides is 2. The molecular weight excluding hydrogens is 262 g/mol. The number of methoxy groups -OCH3 is 1. The molecule has 0 aliphatic heterocycles. The molecule has 0 spiro atoms. The molecule has 1 aromatic rings. The summed E-state index contributed by atoms with van der Waals surface area (Å²) in [6, 6.07) is 1.08. The van der Waals surface area contributed by atoms with Gasteiger partial charge in [0.1, 0.15) is 0 Å². The van der Waals surface area contributed by atoms with Crippen molar-refractivity contribution >= 4 is 17.7 Å². The zero-order valence-electron chi connectivity index (χ0n) is 11.1. The Bertz CT molecular complexity index is 506. The third kappa shape index (κ3) is 3.67. The number of carbonyl (C=O) groups is 2. The number of anilines is 1. The summed E-state index contributed by atoms with van der Waals surface area (Å²) in [5.74, 6) is -1.08. The lowest BCUT2D eigenvalue weighted by molar-refractivity contribution is 0.0696. The fourth-order valence-electron chi connectivity index (χ4n) is 2.26. The number of hydrogen-bond acceptors (Lipinski definition) is 4. The zero-order valence-corrected chi connectivity index (χ0v) is 11.1. The van der Waals surface area contributed by atoms with Crippen LogP contribution in [0.1, 0.15) is 29.6 Å². The van der Waals surface area contributed by atoms with Gasteiger partial charge in [-0.2, -0.15) is 0 Å². The molecule has 7 heteroatoms. The van der Waals surface area contributed by atoms with Crippen LogP contribution in [0.15, 0.2) is 18.5 Å². The van der Waals surface area contributed by atoms with Crippen molar-refractivity contribution in [3.05, 3.63) is 24.0 Å². The molecule has 2 amide bonds. The number of urea groups is 1. The fraction of sp³-hybridized carbons (Fsp3) is 0.462. The molecule has 2 unspecified atom stereocenters. The molecule has 0 saturated heterocycles. The summed E-state index contributed by atoms with van der Waals surface area (Å²) in [5.41, 5.74) is 0.381. The average Bonchev–Trinajstić information content (AvgIpc) is 2.86. The van der Waals surface area contributed by atoms with E-state index in [2.05, 4.69) is 15.6 Å². The highest BCUT2D eigenvalue weighted by Crippen LogP contribution is 2.21. The van der Waals surface area contributed by atoms with Crippen molar-refractivity contribution in [1.29, 1.82) is 0 Å². The van der Waals surface area contributed by atoms with E-state index in [4.69, 9.17) is 9.84 Å². The van der Waals surface area contributed by atoms with Crippen LogP contribution >= 0.6 is 0 Å². The van der Waals surface area contributed by atoms with E-state index in [1.807, 2.05) is 0 Å². The maximum atomic E-state index is 11.8. The first-order valence-electron chi connectivity index (χ1n) is 6.37. The Morgan fingerprint density at radius 3 is 2.85 bits per heavy atom. The first-order valence-corrected chi connectivity index (χ1v) is 6.37. The van der Waals surface area contributed by atoms with Crippen LogP contribution in [0.4, 0.5) is 10.5 Å².